The van der Waals surface area contributed by atoms with E-state index in [1.807, 2.05) is 38.1 Å². The molecule has 0 saturated carbocycles. The average Bonchev–Trinajstić information content (AvgIpc) is 2.74. The maximum absolute atomic E-state index is 13.3. The van der Waals surface area contributed by atoms with E-state index in [1.54, 1.807) is 37.3 Å². The van der Waals surface area contributed by atoms with Gasteiger partial charge < -0.3 is 10.2 Å². The van der Waals surface area contributed by atoms with Gasteiger partial charge in [0, 0.05) is 13.1 Å². The van der Waals surface area contributed by atoms with Crippen molar-refractivity contribution in [3.8, 4) is 0 Å². The molecule has 8 heteroatoms. The lowest BCUT2D eigenvalue weighted by Gasteiger charge is -2.31. The van der Waals surface area contributed by atoms with E-state index in [2.05, 4.69) is 5.32 Å². The molecule has 1 N–H and O–H groups in total. The minimum Gasteiger partial charge on any atom is -0.354 e. The average molecular weight is 446 g/mol. The lowest BCUT2D eigenvalue weighted by atomic mass is 10.1. The van der Waals surface area contributed by atoms with E-state index in [-0.39, 0.29) is 19.0 Å². The standard InChI is InChI=1S/C23H31N3O4S/c1-5-15-24-23(28)19(3)25(16-20-13-11-18(2)12-14-20)22(27)17-26(31(4,29)30)21-9-7-6-8-10-21/h6-14,19H,5,15-17H2,1-4H3,(H,24,28). The van der Waals surface area contributed by atoms with Crippen molar-refractivity contribution in [2.24, 2.45) is 0 Å². The van der Waals surface area contributed by atoms with Crippen LogP contribution >= 0.6 is 0 Å². The highest BCUT2D eigenvalue weighted by molar-refractivity contribution is 7.92. The molecule has 7 nitrogen and oxygen atoms in total. The van der Waals surface area contributed by atoms with Crippen molar-refractivity contribution in [1.82, 2.24) is 10.2 Å². The zero-order valence-corrected chi connectivity index (χ0v) is 19.4. The first-order chi connectivity index (χ1) is 14.6. The van der Waals surface area contributed by atoms with E-state index in [0.29, 0.717) is 12.2 Å². The molecule has 2 amide bonds. The van der Waals surface area contributed by atoms with Crippen molar-refractivity contribution in [3.63, 3.8) is 0 Å². The highest BCUT2D eigenvalue weighted by Crippen LogP contribution is 2.18. The Morgan fingerprint density at radius 2 is 1.65 bits per heavy atom. The SMILES string of the molecule is CCCNC(=O)C(C)N(Cc1ccc(C)cc1)C(=O)CN(c1ccccc1)S(C)(=O)=O. The highest BCUT2D eigenvalue weighted by atomic mass is 32.2. The fourth-order valence-electron chi connectivity index (χ4n) is 3.08. The summed E-state index contributed by atoms with van der Waals surface area (Å²) in [6.07, 6.45) is 1.84. The van der Waals surface area contributed by atoms with Gasteiger partial charge in [-0.15, -0.1) is 0 Å². The van der Waals surface area contributed by atoms with Gasteiger partial charge in [-0.25, -0.2) is 8.42 Å². The number of rotatable bonds is 10. The van der Waals surface area contributed by atoms with Crippen molar-refractivity contribution >= 4 is 27.5 Å². The van der Waals surface area contributed by atoms with Crippen LogP contribution in [-0.4, -0.2) is 50.5 Å². The predicted octanol–water partition coefficient (Wildman–Crippen LogP) is 2.70. The van der Waals surface area contributed by atoms with E-state index in [4.69, 9.17) is 0 Å². The molecule has 0 aromatic heterocycles. The number of hydrogen-bond acceptors (Lipinski definition) is 4. The Balaban J connectivity index is 2.32. The van der Waals surface area contributed by atoms with Crippen LogP contribution in [0, 0.1) is 6.92 Å². The topological polar surface area (TPSA) is 86.8 Å². The van der Waals surface area contributed by atoms with Crippen LogP contribution in [-0.2, 0) is 26.2 Å². The van der Waals surface area contributed by atoms with Gasteiger partial charge in [0.2, 0.25) is 21.8 Å². The Morgan fingerprint density at radius 1 is 1.03 bits per heavy atom. The van der Waals surface area contributed by atoms with E-state index in [9.17, 15) is 18.0 Å². The van der Waals surface area contributed by atoms with Crippen LogP contribution in [0.15, 0.2) is 54.6 Å². The minimum atomic E-state index is -3.70. The highest BCUT2D eigenvalue weighted by Gasteiger charge is 2.29. The van der Waals surface area contributed by atoms with E-state index >= 15 is 0 Å². The molecule has 0 bridgehead atoms. The van der Waals surface area contributed by atoms with Gasteiger partial charge in [-0.2, -0.15) is 0 Å². The van der Waals surface area contributed by atoms with E-state index in [1.165, 1.54) is 4.90 Å². The number of nitrogens with zero attached hydrogens (tertiary/aromatic N) is 2. The van der Waals surface area contributed by atoms with Gasteiger partial charge in [-0.1, -0.05) is 55.0 Å². The lowest BCUT2D eigenvalue weighted by Crippen LogP contribution is -2.51. The third-order valence-corrected chi connectivity index (χ3v) is 6.05. The monoisotopic (exact) mass is 445 g/mol. The fraction of sp³-hybridized carbons (Fsp3) is 0.391. The first-order valence-electron chi connectivity index (χ1n) is 10.3. The normalized spacial score (nSPS) is 12.1. The maximum atomic E-state index is 13.3. The molecule has 0 radical (unpaired) electrons. The lowest BCUT2D eigenvalue weighted by molar-refractivity contribution is -0.139. The van der Waals surface area contributed by atoms with Crippen LogP contribution in [0.4, 0.5) is 5.69 Å². The second-order valence-electron chi connectivity index (χ2n) is 7.58. The molecule has 1 unspecified atom stereocenters. The smallest absolute Gasteiger partial charge is 0.244 e. The molecule has 0 aliphatic carbocycles. The largest absolute Gasteiger partial charge is 0.354 e. The van der Waals surface area contributed by atoms with Crippen LogP contribution in [0.5, 0.6) is 0 Å². The Morgan fingerprint density at radius 3 is 2.19 bits per heavy atom. The molecule has 31 heavy (non-hydrogen) atoms. The van der Waals surface area contributed by atoms with Crippen molar-refractivity contribution in [3.05, 3.63) is 65.7 Å². The quantitative estimate of drug-likeness (QED) is 0.609. The third kappa shape index (κ3) is 7.10. The van der Waals surface area contributed by atoms with Gasteiger partial charge in [0.25, 0.3) is 0 Å². The summed E-state index contributed by atoms with van der Waals surface area (Å²) in [6, 6.07) is 15.4. The van der Waals surface area contributed by atoms with Crippen molar-refractivity contribution in [2.75, 3.05) is 23.7 Å². The van der Waals surface area contributed by atoms with Crippen LogP contribution in [0.25, 0.3) is 0 Å². The van der Waals surface area contributed by atoms with Crippen LogP contribution in [0.1, 0.15) is 31.4 Å². The van der Waals surface area contributed by atoms with Crippen LogP contribution < -0.4 is 9.62 Å². The van der Waals surface area contributed by atoms with E-state index < -0.39 is 22.0 Å². The first kappa shape index (κ1) is 24.4. The zero-order valence-electron chi connectivity index (χ0n) is 18.5. The second-order valence-corrected chi connectivity index (χ2v) is 9.49. The number of anilines is 1. The molecule has 0 aliphatic heterocycles. The number of aryl methyl sites for hydroxylation is 1. The van der Waals surface area contributed by atoms with Crippen LogP contribution in [0.2, 0.25) is 0 Å². The number of nitrogens with one attached hydrogen (secondary N) is 1. The predicted molar refractivity (Wildman–Crippen MR) is 123 cm³/mol. The Hall–Kier alpha value is -2.87. The van der Waals surface area contributed by atoms with Crippen molar-refractivity contribution in [2.45, 2.75) is 39.8 Å². The summed E-state index contributed by atoms with van der Waals surface area (Å²) in [5, 5.41) is 2.81. The van der Waals surface area contributed by atoms with Gasteiger partial charge in [-0.05, 0) is 38.0 Å². The van der Waals surface area contributed by atoms with Crippen molar-refractivity contribution < 1.29 is 18.0 Å². The first-order valence-corrected chi connectivity index (χ1v) is 12.1. The number of benzene rings is 2. The molecule has 0 heterocycles. The second kappa shape index (κ2) is 10.9. The molecule has 2 aromatic carbocycles. The summed E-state index contributed by atoms with van der Waals surface area (Å²) in [5.74, 6) is -0.720. The van der Waals surface area contributed by atoms with E-state index in [0.717, 1.165) is 28.1 Å². The summed E-state index contributed by atoms with van der Waals surface area (Å²) >= 11 is 0. The van der Waals surface area contributed by atoms with Gasteiger partial charge in [0.1, 0.15) is 12.6 Å². The number of para-hydroxylation sites is 1. The van der Waals surface area contributed by atoms with Gasteiger partial charge in [0.05, 0.1) is 11.9 Å². The van der Waals surface area contributed by atoms with Crippen molar-refractivity contribution in [1.29, 1.82) is 0 Å². The maximum Gasteiger partial charge on any atom is 0.244 e. The molecule has 0 saturated heterocycles. The fourth-order valence-corrected chi connectivity index (χ4v) is 3.93. The summed E-state index contributed by atoms with van der Waals surface area (Å²) in [5.41, 5.74) is 2.35. The molecule has 2 aromatic rings. The molecule has 1 atom stereocenters. The van der Waals surface area contributed by atoms with Gasteiger partial charge in [0.15, 0.2) is 0 Å². The Labute approximate surface area is 185 Å². The summed E-state index contributed by atoms with van der Waals surface area (Å²) in [4.78, 5) is 27.3. The molecule has 0 spiro atoms. The number of carbonyl (C=O) groups excluding carboxylic acids is 2. The summed E-state index contributed by atoms with van der Waals surface area (Å²) < 4.78 is 25.9. The van der Waals surface area contributed by atoms with Gasteiger partial charge >= 0.3 is 0 Å². The summed E-state index contributed by atoms with van der Waals surface area (Å²) in [7, 11) is -3.70. The molecule has 0 aliphatic rings. The molecule has 2 rings (SSSR count). The third-order valence-electron chi connectivity index (χ3n) is 4.91. The Kier molecular flexibility index (Phi) is 8.62. The summed E-state index contributed by atoms with van der Waals surface area (Å²) in [6.45, 7) is 5.90. The number of amides is 2. The number of hydrogen-bond donors (Lipinski definition) is 1. The van der Waals surface area contributed by atoms with Crippen LogP contribution in [0.3, 0.4) is 0 Å². The molecular formula is C23H31N3O4S. The minimum absolute atomic E-state index is 0.201. The number of carbonyl (C=O) groups is 2. The Bertz CT molecular complexity index is 976. The number of sulfonamides is 1. The molecule has 0 fully saturated rings. The van der Waals surface area contributed by atoms with Gasteiger partial charge in [-0.3, -0.25) is 13.9 Å². The zero-order chi connectivity index (χ0) is 23.0. The molecule has 168 valence electrons. The molecular weight excluding hydrogens is 414 g/mol.